The maximum atomic E-state index is 10.8. The van der Waals surface area contributed by atoms with Gasteiger partial charge in [0.05, 0.1) is 12.7 Å². The Morgan fingerprint density at radius 3 is 3.00 bits per heavy atom. The van der Waals surface area contributed by atoms with Crippen molar-refractivity contribution in [2.24, 2.45) is 0 Å². The number of aliphatic hydroxyl groups excluding tert-OH is 1. The molecule has 1 amide bonds. The van der Waals surface area contributed by atoms with E-state index in [9.17, 15) is 9.90 Å². The Kier molecular flexibility index (Phi) is 7.01. The number of nitrogens with one attached hydrogen (secondary N) is 1. The monoisotopic (exact) mass is 187 g/mol. The number of hydrogen-bond donors (Lipinski definition) is 2. The van der Waals surface area contributed by atoms with Crippen molar-refractivity contribution in [2.75, 3.05) is 13.2 Å². The number of rotatable bonds is 6. The van der Waals surface area contributed by atoms with E-state index >= 15 is 0 Å². The smallest absolute Gasteiger partial charge is 0.407 e. The van der Waals surface area contributed by atoms with Crippen LogP contribution in [0.1, 0.15) is 19.8 Å². The van der Waals surface area contributed by atoms with E-state index in [1.54, 1.807) is 13.0 Å². The Balaban J connectivity index is 3.39. The summed E-state index contributed by atoms with van der Waals surface area (Å²) < 4.78 is 4.62. The molecule has 76 valence electrons. The SMILES string of the molecule is C=CCCC(O)CNC(=O)OCC. The minimum Gasteiger partial charge on any atom is -0.450 e. The first-order valence-corrected chi connectivity index (χ1v) is 4.40. The summed E-state index contributed by atoms with van der Waals surface area (Å²) >= 11 is 0. The van der Waals surface area contributed by atoms with Gasteiger partial charge in [-0.15, -0.1) is 6.58 Å². The van der Waals surface area contributed by atoms with Crippen LogP contribution in [0.2, 0.25) is 0 Å². The van der Waals surface area contributed by atoms with Gasteiger partial charge >= 0.3 is 6.09 Å². The van der Waals surface area contributed by atoms with Crippen molar-refractivity contribution in [2.45, 2.75) is 25.9 Å². The Morgan fingerprint density at radius 1 is 1.77 bits per heavy atom. The molecule has 2 N–H and O–H groups in total. The molecule has 0 rings (SSSR count). The molecule has 4 nitrogen and oxygen atoms in total. The van der Waals surface area contributed by atoms with Gasteiger partial charge in [0.1, 0.15) is 0 Å². The first-order chi connectivity index (χ1) is 6.20. The average molecular weight is 187 g/mol. The normalized spacial score (nSPS) is 11.8. The maximum Gasteiger partial charge on any atom is 0.407 e. The molecule has 0 spiro atoms. The van der Waals surface area contributed by atoms with E-state index in [1.165, 1.54) is 0 Å². The lowest BCUT2D eigenvalue weighted by Gasteiger charge is -2.10. The molecule has 13 heavy (non-hydrogen) atoms. The molecular formula is C9H17NO3. The lowest BCUT2D eigenvalue weighted by Crippen LogP contribution is -2.32. The van der Waals surface area contributed by atoms with Crippen LogP contribution in [-0.2, 0) is 4.74 Å². The molecule has 0 aromatic carbocycles. The number of amides is 1. The summed E-state index contributed by atoms with van der Waals surface area (Å²) in [5.41, 5.74) is 0. The summed E-state index contributed by atoms with van der Waals surface area (Å²) in [6.07, 6.45) is 2.07. The molecule has 0 saturated heterocycles. The Labute approximate surface area is 78.6 Å². The lowest BCUT2D eigenvalue weighted by molar-refractivity contribution is 0.131. The van der Waals surface area contributed by atoms with Crippen molar-refractivity contribution in [3.8, 4) is 0 Å². The fourth-order valence-electron chi connectivity index (χ4n) is 0.796. The number of allylic oxidation sites excluding steroid dienone is 1. The summed E-state index contributed by atoms with van der Waals surface area (Å²) in [6.45, 7) is 5.83. The van der Waals surface area contributed by atoms with Gasteiger partial charge in [-0.25, -0.2) is 4.79 Å². The molecule has 4 heteroatoms. The van der Waals surface area contributed by atoms with Gasteiger partial charge in [-0.3, -0.25) is 0 Å². The Morgan fingerprint density at radius 2 is 2.46 bits per heavy atom. The van der Waals surface area contributed by atoms with E-state index in [4.69, 9.17) is 0 Å². The summed E-state index contributed by atoms with van der Waals surface area (Å²) in [6, 6.07) is 0. The van der Waals surface area contributed by atoms with Gasteiger partial charge in [0.2, 0.25) is 0 Å². The van der Waals surface area contributed by atoms with Gasteiger partial charge in [-0.2, -0.15) is 0 Å². The van der Waals surface area contributed by atoms with Crippen molar-refractivity contribution in [1.82, 2.24) is 5.32 Å². The van der Waals surface area contributed by atoms with Crippen molar-refractivity contribution in [3.63, 3.8) is 0 Å². The number of aliphatic hydroxyl groups is 1. The maximum absolute atomic E-state index is 10.8. The van der Waals surface area contributed by atoms with Gasteiger partial charge in [0.15, 0.2) is 0 Å². The predicted molar refractivity (Wildman–Crippen MR) is 50.5 cm³/mol. The summed E-state index contributed by atoms with van der Waals surface area (Å²) in [4.78, 5) is 10.8. The topological polar surface area (TPSA) is 58.6 Å². The number of hydrogen-bond acceptors (Lipinski definition) is 3. The van der Waals surface area contributed by atoms with E-state index in [-0.39, 0.29) is 6.54 Å². The van der Waals surface area contributed by atoms with Crippen molar-refractivity contribution in [3.05, 3.63) is 12.7 Å². The van der Waals surface area contributed by atoms with Gasteiger partial charge in [0, 0.05) is 6.54 Å². The van der Waals surface area contributed by atoms with Gasteiger partial charge in [0.25, 0.3) is 0 Å². The Bertz CT molecular complexity index is 159. The molecule has 0 heterocycles. The summed E-state index contributed by atoms with van der Waals surface area (Å²) in [5.74, 6) is 0. The standard InChI is InChI=1S/C9H17NO3/c1-3-5-6-8(11)7-10-9(12)13-4-2/h3,8,11H,1,4-7H2,2H3,(H,10,12). The molecule has 0 aromatic rings. The van der Waals surface area contributed by atoms with Crippen LogP contribution in [0, 0.1) is 0 Å². The molecule has 0 aromatic heterocycles. The van der Waals surface area contributed by atoms with Crippen LogP contribution in [-0.4, -0.2) is 30.5 Å². The van der Waals surface area contributed by atoms with E-state index in [2.05, 4.69) is 16.6 Å². The zero-order valence-corrected chi connectivity index (χ0v) is 7.95. The highest BCUT2D eigenvalue weighted by Crippen LogP contribution is 1.95. The van der Waals surface area contributed by atoms with Crippen LogP contribution in [0.3, 0.4) is 0 Å². The Hall–Kier alpha value is -1.03. The fraction of sp³-hybridized carbons (Fsp3) is 0.667. The van der Waals surface area contributed by atoms with Crippen LogP contribution >= 0.6 is 0 Å². The van der Waals surface area contributed by atoms with Crippen LogP contribution in [0.4, 0.5) is 4.79 Å². The molecular weight excluding hydrogens is 170 g/mol. The fourth-order valence-corrected chi connectivity index (χ4v) is 0.796. The number of alkyl carbamates (subject to hydrolysis) is 1. The summed E-state index contributed by atoms with van der Waals surface area (Å²) in [5, 5.41) is 11.7. The molecule has 1 unspecified atom stereocenters. The van der Waals surface area contributed by atoms with Gasteiger partial charge in [-0.1, -0.05) is 6.08 Å². The largest absolute Gasteiger partial charge is 0.450 e. The first kappa shape index (κ1) is 12.0. The van der Waals surface area contributed by atoms with Crippen molar-refractivity contribution < 1.29 is 14.6 Å². The van der Waals surface area contributed by atoms with E-state index in [0.717, 1.165) is 6.42 Å². The zero-order chi connectivity index (χ0) is 10.1. The number of carbonyl (C=O) groups excluding carboxylic acids is 1. The van der Waals surface area contributed by atoms with Gasteiger partial charge < -0.3 is 15.2 Å². The highest BCUT2D eigenvalue weighted by atomic mass is 16.5. The van der Waals surface area contributed by atoms with Crippen LogP contribution in [0.5, 0.6) is 0 Å². The van der Waals surface area contributed by atoms with Crippen LogP contribution < -0.4 is 5.32 Å². The second-order valence-electron chi connectivity index (χ2n) is 2.62. The summed E-state index contributed by atoms with van der Waals surface area (Å²) in [7, 11) is 0. The third-order valence-electron chi connectivity index (χ3n) is 1.46. The zero-order valence-electron chi connectivity index (χ0n) is 7.95. The molecule has 0 bridgehead atoms. The first-order valence-electron chi connectivity index (χ1n) is 4.40. The lowest BCUT2D eigenvalue weighted by atomic mass is 10.2. The second kappa shape index (κ2) is 7.61. The molecule has 0 fully saturated rings. The highest BCUT2D eigenvalue weighted by molar-refractivity contribution is 5.67. The molecule has 0 aliphatic rings. The average Bonchev–Trinajstić information content (AvgIpc) is 2.12. The predicted octanol–water partition coefficient (Wildman–Crippen LogP) is 1.06. The van der Waals surface area contributed by atoms with E-state index in [0.29, 0.717) is 13.0 Å². The second-order valence-corrected chi connectivity index (χ2v) is 2.62. The van der Waals surface area contributed by atoms with Gasteiger partial charge in [-0.05, 0) is 19.8 Å². The molecule has 0 aliphatic heterocycles. The number of carbonyl (C=O) groups is 1. The van der Waals surface area contributed by atoms with E-state index in [1.807, 2.05) is 0 Å². The van der Waals surface area contributed by atoms with Crippen molar-refractivity contribution >= 4 is 6.09 Å². The van der Waals surface area contributed by atoms with Crippen LogP contribution in [0.25, 0.3) is 0 Å². The molecule has 0 aliphatic carbocycles. The minimum atomic E-state index is -0.526. The molecule has 0 saturated carbocycles. The van der Waals surface area contributed by atoms with E-state index < -0.39 is 12.2 Å². The quantitative estimate of drug-likeness (QED) is 0.611. The molecule has 1 atom stereocenters. The number of ether oxygens (including phenoxy) is 1. The highest BCUT2D eigenvalue weighted by Gasteiger charge is 2.05. The molecule has 0 radical (unpaired) electrons. The van der Waals surface area contributed by atoms with Crippen LogP contribution in [0.15, 0.2) is 12.7 Å². The third kappa shape index (κ3) is 7.33. The third-order valence-corrected chi connectivity index (χ3v) is 1.46. The van der Waals surface area contributed by atoms with Crippen molar-refractivity contribution in [1.29, 1.82) is 0 Å². The minimum absolute atomic E-state index is 0.229.